The van der Waals surface area contributed by atoms with Crippen molar-refractivity contribution in [1.82, 2.24) is 14.8 Å². The van der Waals surface area contributed by atoms with Crippen molar-refractivity contribution < 1.29 is 0 Å². The number of nitrogens with zero attached hydrogens (tertiary/aromatic N) is 3. The molecule has 2 aliphatic rings. The predicted molar refractivity (Wildman–Crippen MR) is 61.8 cm³/mol. The van der Waals surface area contributed by atoms with E-state index < -0.39 is 0 Å². The molecule has 2 heterocycles. The lowest BCUT2D eigenvalue weighted by atomic mass is 9.84. The van der Waals surface area contributed by atoms with Gasteiger partial charge in [0.05, 0.1) is 6.04 Å². The summed E-state index contributed by atoms with van der Waals surface area (Å²) < 4.78 is 2.25. The zero-order chi connectivity index (χ0) is 11.0. The van der Waals surface area contributed by atoms with Crippen LogP contribution in [0.4, 0.5) is 0 Å². The predicted octanol–water partition coefficient (Wildman–Crippen LogP) is 1.80. The van der Waals surface area contributed by atoms with E-state index in [1.807, 2.05) is 0 Å². The minimum atomic E-state index is 0.111. The van der Waals surface area contributed by atoms with E-state index in [1.165, 1.54) is 38.5 Å². The minimum absolute atomic E-state index is 0.111. The van der Waals surface area contributed by atoms with Crippen LogP contribution in [-0.2, 0) is 13.0 Å². The molecule has 1 aromatic rings. The zero-order valence-electron chi connectivity index (χ0n) is 9.73. The number of aromatic nitrogens is 3. The smallest absolute Gasteiger partial charge is 0.150 e. The molecule has 0 radical (unpaired) electrons. The topological polar surface area (TPSA) is 56.7 Å². The first kappa shape index (κ1) is 10.3. The fraction of sp³-hybridized carbons (Fsp3) is 0.833. The third-order valence-corrected chi connectivity index (χ3v) is 4.09. The van der Waals surface area contributed by atoms with E-state index in [1.54, 1.807) is 0 Å². The van der Waals surface area contributed by atoms with Crippen molar-refractivity contribution in [2.45, 2.75) is 57.5 Å². The Morgan fingerprint density at radius 3 is 2.75 bits per heavy atom. The van der Waals surface area contributed by atoms with Crippen LogP contribution >= 0.6 is 0 Å². The molecule has 3 rings (SSSR count). The molecule has 1 aliphatic carbocycles. The minimum Gasteiger partial charge on any atom is -0.321 e. The Labute approximate surface area is 96.2 Å². The van der Waals surface area contributed by atoms with Gasteiger partial charge in [0.1, 0.15) is 11.6 Å². The molecule has 0 aromatic carbocycles. The second kappa shape index (κ2) is 4.17. The van der Waals surface area contributed by atoms with Crippen LogP contribution in [0.15, 0.2) is 0 Å². The first-order chi connectivity index (χ1) is 7.86. The van der Waals surface area contributed by atoms with Crippen molar-refractivity contribution in [3.8, 4) is 0 Å². The van der Waals surface area contributed by atoms with Crippen LogP contribution in [0.3, 0.4) is 0 Å². The van der Waals surface area contributed by atoms with Crippen LogP contribution in [0.25, 0.3) is 0 Å². The van der Waals surface area contributed by atoms with E-state index in [2.05, 4.69) is 14.8 Å². The first-order valence-electron chi connectivity index (χ1n) is 6.54. The number of hydrogen-bond acceptors (Lipinski definition) is 3. The van der Waals surface area contributed by atoms with Crippen LogP contribution in [0.1, 0.15) is 56.2 Å². The highest BCUT2D eigenvalue weighted by Crippen LogP contribution is 2.33. The average Bonchev–Trinajstić information content (AvgIpc) is 2.91. The summed E-state index contributed by atoms with van der Waals surface area (Å²) in [6.07, 6.45) is 8.85. The maximum Gasteiger partial charge on any atom is 0.150 e. The Bertz CT molecular complexity index is 365. The Kier molecular flexibility index (Phi) is 2.67. The van der Waals surface area contributed by atoms with Gasteiger partial charge in [-0.2, -0.15) is 0 Å². The maximum absolute atomic E-state index is 6.36. The van der Waals surface area contributed by atoms with E-state index in [0.717, 1.165) is 24.6 Å². The lowest BCUT2D eigenvalue weighted by Crippen LogP contribution is -2.26. The Balaban J connectivity index is 1.80. The van der Waals surface area contributed by atoms with Crippen LogP contribution < -0.4 is 5.73 Å². The molecule has 4 heteroatoms. The molecule has 1 atom stereocenters. The number of hydrogen-bond donors (Lipinski definition) is 1. The quantitative estimate of drug-likeness (QED) is 0.827. The summed E-state index contributed by atoms with van der Waals surface area (Å²) >= 11 is 0. The summed E-state index contributed by atoms with van der Waals surface area (Å²) in [6.45, 7) is 1.07. The second-order valence-electron chi connectivity index (χ2n) is 5.15. The highest BCUT2D eigenvalue weighted by atomic mass is 15.3. The summed E-state index contributed by atoms with van der Waals surface area (Å²) in [5.41, 5.74) is 6.36. The number of aryl methyl sites for hydroxylation is 1. The summed E-state index contributed by atoms with van der Waals surface area (Å²) in [4.78, 5) is 0. The molecular weight excluding hydrogens is 200 g/mol. The molecular formula is C12H20N4. The number of nitrogens with two attached hydrogens (primary N) is 1. The van der Waals surface area contributed by atoms with Gasteiger partial charge in [0.25, 0.3) is 0 Å². The van der Waals surface area contributed by atoms with Gasteiger partial charge in [0.15, 0.2) is 0 Å². The molecule has 1 aromatic heterocycles. The molecule has 1 saturated carbocycles. The molecule has 0 amide bonds. The summed E-state index contributed by atoms with van der Waals surface area (Å²) in [6, 6.07) is 0.111. The maximum atomic E-state index is 6.36. The molecule has 16 heavy (non-hydrogen) atoms. The third kappa shape index (κ3) is 1.65. The molecule has 88 valence electrons. The number of fused-ring (bicyclic) bond motifs is 1. The molecule has 2 N–H and O–H groups in total. The normalized spacial score (nSPS) is 23.3. The largest absolute Gasteiger partial charge is 0.321 e. The zero-order valence-corrected chi connectivity index (χ0v) is 9.73. The van der Waals surface area contributed by atoms with E-state index in [9.17, 15) is 0 Å². The molecule has 1 fully saturated rings. The van der Waals surface area contributed by atoms with Gasteiger partial charge in [0.2, 0.25) is 0 Å². The summed E-state index contributed by atoms with van der Waals surface area (Å²) in [5.74, 6) is 2.81. The van der Waals surface area contributed by atoms with Crippen LogP contribution in [0.5, 0.6) is 0 Å². The fourth-order valence-electron chi connectivity index (χ4n) is 3.12. The van der Waals surface area contributed by atoms with Crippen molar-refractivity contribution in [3.05, 3.63) is 11.6 Å². The van der Waals surface area contributed by atoms with Crippen molar-refractivity contribution >= 4 is 0 Å². The van der Waals surface area contributed by atoms with Gasteiger partial charge in [-0.25, -0.2) is 0 Å². The Morgan fingerprint density at radius 2 is 1.94 bits per heavy atom. The van der Waals surface area contributed by atoms with Crippen molar-refractivity contribution in [2.75, 3.05) is 0 Å². The van der Waals surface area contributed by atoms with E-state index in [-0.39, 0.29) is 6.04 Å². The Morgan fingerprint density at radius 1 is 1.12 bits per heavy atom. The highest BCUT2D eigenvalue weighted by Gasteiger charge is 2.28. The van der Waals surface area contributed by atoms with Crippen LogP contribution in [0, 0.1) is 5.92 Å². The average molecular weight is 220 g/mol. The Hall–Kier alpha value is -0.900. The molecule has 0 saturated heterocycles. The summed E-state index contributed by atoms with van der Waals surface area (Å²) in [5, 5.41) is 8.55. The van der Waals surface area contributed by atoms with Gasteiger partial charge < -0.3 is 10.3 Å². The van der Waals surface area contributed by atoms with Gasteiger partial charge in [-0.05, 0) is 25.2 Å². The molecule has 1 aliphatic heterocycles. The van der Waals surface area contributed by atoms with Gasteiger partial charge in [-0.1, -0.05) is 19.3 Å². The molecule has 0 spiro atoms. The van der Waals surface area contributed by atoms with Crippen molar-refractivity contribution in [2.24, 2.45) is 11.7 Å². The van der Waals surface area contributed by atoms with Gasteiger partial charge in [-0.15, -0.1) is 10.2 Å². The van der Waals surface area contributed by atoms with E-state index in [4.69, 9.17) is 5.73 Å². The van der Waals surface area contributed by atoms with Crippen molar-refractivity contribution in [1.29, 1.82) is 0 Å². The standard InChI is InChI=1S/C12H20N4/c13-11(9-5-2-1-3-6-9)12-15-14-10-7-4-8-16(10)12/h9,11H,1-8,13H2. The van der Waals surface area contributed by atoms with E-state index >= 15 is 0 Å². The molecule has 4 nitrogen and oxygen atoms in total. The van der Waals surface area contributed by atoms with Crippen LogP contribution in [0.2, 0.25) is 0 Å². The summed E-state index contributed by atoms with van der Waals surface area (Å²) in [7, 11) is 0. The molecule has 1 unspecified atom stereocenters. The van der Waals surface area contributed by atoms with Gasteiger partial charge in [0, 0.05) is 13.0 Å². The number of rotatable bonds is 2. The van der Waals surface area contributed by atoms with Crippen molar-refractivity contribution in [3.63, 3.8) is 0 Å². The second-order valence-corrected chi connectivity index (χ2v) is 5.15. The monoisotopic (exact) mass is 220 g/mol. The third-order valence-electron chi connectivity index (χ3n) is 4.09. The first-order valence-corrected chi connectivity index (χ1v) is 6.54. The molecule has 0 bridgehead atoms. The van der Waals surface area contributed by atoms with Gasteiger partial charge >= 0.3 is 0 Å². The lowest BCUT2D eigenvalue weighted by Gasteiger charge is -2.26. The SMILES string of the molecule is NC(c1nnc2n1CCC2)C1CCCCC1. The van der Waals surface area contributed by atoms with Gasteiger partial charge in [-0.3, -0.25) is 0 Å². The fourth-order valence-corrected chi connectivity index (χ4v) is 3.12. The van der Waals surface area contributed by atoms with Crippen LogP contribution in [-0.4, -0.2) is 14.8 Å². The highest BCUT2D eigenvalue weighted by molar-refractivity contribution is 5.05. The lowest BCUT2D eigenvalue weighted by molar-refractivity contribution is 0.296. The van der Waals surface area contributed by atoms with E-state index in [0.29, 0.717) is 5.92 Å².